The molecule has 164 valence electrons. The third-order valence-corrected chi connectivity index (χ3v) is 4.92. The van der Waals surface area contributed by atoms with Gasteiger partial charge >= 0.3 is 0 Å². The molecule has 0 aliphatic heterocycles. The summed E-state index contributed by atoms with van der Waals surface area (Å²) in [5.41, 5.74) is 4.41. The van der Waals surface area contributed by atoms with E-state index in [1.54, 1.807) is 0 Å². The molecule has 0 N–H and O–H groups in total. The molecule has 0 unspecified atom stereocenters. The van der Waals surface area contributed by atoms with Gasteiger partial charge in [0.15, 0.2) is 0 Å². The molecule has 0 saturated heterocycles. The molecule has 4 rings (SSSR count). The number of hydrogen-bond acceptors (Lipinski definition) is 1. The Morgan fingerprint density at radius 2 is 0.875 bits per heavy atom. The summed E-state index contributed by atoms with van der Waals surface area (Å²) in [6.45, 7) is 1.35. The van der Waals surface area contributed by atoms with Crippen LogP contribution in [0.2, 0.25) is 0 Å². The van der Waals surface area contributed by atoms with Crippen molar-refractivity contribution >= 4 is 0 Å². The predicted molar refractivity (Wildman–Crippen MR) is 126 cm³/mol. The van der Waals surface area contributed by atoms with Crippen molar-refractivity contribution < 1.29 is 13.5 Å². The Labute approximate surface area is 189 Å². The van der Waals surface area contributed by atoms with Gasteiger partial charge in [0.25, 0.3) is 0 Å². The molecule has 1 nitrogen and oxygen atoms in total. The summed E-state index contributed by atoms with van der Waals surface area (Å²) in [6, 6.07) is 34.2. The third-order valence-electron chi connectivity index (χ3n) is 4.92. The van der Waals surface area contributed by atoms with E-state index in [1.807, 2.05) is 54.6 Å². The number of hydrogen-bond donors (Lipinski definition) is 0. The second kappa shape index (κ2) is 13.2. The third kappa shape index (κ3) is 8.83. The van der Waals surface area contributed by atoms with E-state index >= 15 is 0 Å². The van der Waals surface area contributed by atoms with Crippen LogP contribution < -0.4 is 0 Å². The molecular formula is C29H28F2O. The molecule has 0 aliphatic carbocycles. The fourth-order valence-electron chi connectivity index (χ4n) is 3.33. The van der Waals surface area contributed by atoms with Gasteiger partial charge in [-0.1, -0.05) is 91.0 Å². The van der Waals surface area contributed by atoms with Crippen molar-refractivity contribution in [1.82, 2.24) is 0 Å². The Kier molecular flexibility index (Phi) is 9.63. The molecule has 0 bridgehead atoms. The molecule has 0 atom stereocenters. The van der Waals surface area contributed by atoms with Gasteiger partial charge < -0.3 is 4.74 Å². The van der Waals surface area contributed by atoms with E-state index in [-0.39, 0.29) is 0 Å². The van der Waals surface area contributed by atoms with Crippen molar-refractivity contribution in [3.05, 3.63) is 143 Å². The van der Waals surface area contributed by atoms with Crippen LogP contribution in [0.15, 0.2) is 109 Å². The number of aryl methyl sites for hydroxylation is 2. The zero-order valence-electron chi connectivity index (χ0n) is 18.1. The fraction of sp³-hybridized carbons (Fsp3) is 0.172. The highest BCUT2D eigenvalue weighted by atomic mass is 19.1. The molecule has 32 heavy (non-hydrogen) atoms. The molecule has 0 heterocycles. The van der Waals surface area contributed by atoms with Gasteiger partial charge in [-0.2, -0.15) is 0 Å². The molecule has 3 heteroatoms. The smallest absolute Gasteiger partial charge is 0.126 e. The lowest BCUT2D eigenvalue weighted by atomic mass is 10.0. The molecule has 0 amide bonds. The Morgan fingerprint density at radius 1 is 0.469 bits per heavy atom. The summed E-state index contributed by atoms with van der Waals surface area (Å²) in [5.74, 6) is -1.00. The first-order valence-corrected chi connectivity index (χ1v) is 10.8. The van der Waals surface area contributed by atoms with Crippen LogP contribution >= 0.6 is 0 Å². The summed E-state index contributed by atoms with van der Waals surface area (Å²) >= 11 is 0. The van der Waals surface area contributed by atoms with Crippen LogP contribution in [0.1, 0.15) is 28.7 Å². The monoisotopic (exact) mass is 430 g/mol. The van der Waals surface area contributed by atoms with Gasteiger partial charge in [-0.05, 0) is 53.6 Å². The average Bonchev–Trinajstić information content (AvgIpc) is 2.81. The van der Waals surface area contributed by atoms with E-state index < -0.39 is 11.6 Å². The lowest BCUT2D eigenvalue weighted by molar-refractivity contribution is 0.107. The molecule has 0 aliphatic rings. The fourth-order valence-corrected chi connectivity index (χ4v) is 3.33. The summed E-state index contributed by atoms with van der Waals surface area (Å²) in [5, 5.41) is 0. The SMILES string of the molecule is Fc1cc(F)cc(CCCc2ccccc2)c1.c1ccc(COCc2ccccc2)cc1. The van der Waals surface area contributed by atoms with Gasteiger partial charge in [0.1, 0.15) is 11.6 Å². The van der Waals surface area contributed by atoms with Crippen molar-refractivity contribution in [2.24, 2.45) is 0 Å². The first-order chi connectivity index (χ1) is 15.7. The van der Waals surface area contributed by atoms with Gasteiger partial charge in [0.05, 0.1) is 13.2 Å². The highest BCUT2D eigenvalue weighted by molar-refractivity contribution is 5.19. The maximum atomic E-state index is 12.9. The second-order valence-electron chi connectivity index (χ2n) is 7.58. The van der Waals surface area contributed by atoms with Crippen molar-refractivity contribution in [2.75, 3.05) is 0 Å². The van der Waals surface area contributed by atoms with Crippen LogP contribution in [0.5, 0.6) is 0 Å². The summed E-state index contributed by atoms with van der Waals surface area (Å²) in [4.78, 5) is 0. The van der Waals surface area contributed by atoms with Gasteiger partial charge in [-0.15, -0.1) is 0 Å². The van der Waals surface area contributed by atoms with Crippen molar-refractivity contribution in [3.63, 3.8) is 0 Å². The Hall–Kier alpha value is -3.30. The molecule has 0 fully saturated rings. The maximum Gasteiger partial charge on any atom is 0.126 e. The number of benzene rings is 4. The quantitative estimate of drug-likeness (QED) is 0.280. The molecule has 0 spiro atoms. The highest BCUT2D eigenvalue weighted by Crippen LogP contribution is 2.12. The summed E-state index contributed by atoms with van der Waals surface area (Å²) in [7, 11) is 0. The zero-order valence-corrected chi connectivity index (χ0v) is 18.1. The summed E-state index contributed by atoms with van der Waals surface area (Å²) < 4.78 is 31.5. The average molecular weight is 431 g/mol. The van der Waals surface area contributed by atoms with Gasteiger partial charge in [0.2, 0.25) is 0 Å². The topological polar surface area (TPSA) is 9.23 Å². The molecule has 4 aromatic carbocycles. The minimum absolute atomic E-state index is 0.500. The number of halogens is 2. The lowest BCUT2D eigenvalue weighted by Crippen LogP contribution is -1.93. The number of ether oxygens (including phenoxy) is 1. The predicted octanol–water partition coefficient (Wildman–Crippen LogP) is 7.54. The standard InChI is InChI=1S/C15H14F2.C14H14O/c16-14-9-13(10-15(17)11-14)8-4-7-12-5-2-1-3-6-12;1-3-7-13(8-4-1)11-15-12-14-9-5-2-6-10-14/h1-3,5-6,9-11H,4,7-8H2;1-10H,11-12H2. The van der Waals surface area contributed by atoms with Crippen LogP contribution in [0.4, 0.5) is 8.78 Å². The van der Waals surface area contributed by atoms with Crippen LogP contribution in [0.3, 0.4) is 0 Å². The van der Waals surface area contributed by atoms with Crippen molar-refractivity contribution in [3.8, 4) is 0 Å². The molecule has 0 radical (unpaired) electrons. The van der Waals surface area contributed by atoms with Crippen LogP contribution in [-0.2, 0) is 30.8 Å². The van der Waals surface area contributed by atoms with E-state index in [1.165, 1.54) is 28.8 Å². The Morgan fingerprint density at radius 3 is 1.34 bits per heavy atom. The lowest BCUT2D eigenvalue weighted by Gasteiger charge is -2.03. The highest BCUT2D eigenvalue weighted by Gasteiger charge is 2.01. The van der Waals surface area contributed by atoms with E-state index in [4.69, 9.17) is 4.74 Å². The normalized spacial score (nSPS) is 10.3. The Balaban J connectivity index is 0.000000182. The maximum absolute atomic E-state index is 12.9. The second-order valence-corrected chi connectivity index (χ2v) is 7.58. The van der Waals surface area contributed by atoms with Gasteiger partial charge in [0, 0.05) is 6.07 Å². The minimum atomic E-state index is -0.500. The minimum Gasteiger partial charge on any atom is -0.372 e. The van der Waals surface area contributed by atoms with E-state index in [2.05, 4.69) is 36.4 Å². The Bertz CT molecular complexity index is 975. The largest absolute Gasteiger partial charge is 0.372 e. The molecule has 0 saturated carbocycles. The van der Waals surface area contributed by atoms with Crippen LogP contribution in [0, 0.1) is 11.6 Å². The molecular weight excluding hydrogens is 402 g/mol. The molecule has 0 aromatic heterocycles. The van der Waals surface area contributed by atoms with Crippen molar-refractivity contribution in [1.29, 1.82) is 0 Å². The van der Waals surface area contributed by atoms with Crippen LogP contribution in [0.25, 0.3) is 0 Å². The van der Waals surface area contributed by atoms with Crippen molar-refractivity contribution in [2.45, 2.75) is 32.5 Å². The van der Waals surface area contributed by atoms with E-state index in [0.29, 0.717) is 19.6 Å². The first kappa shape index (κ1) is 23.4. The van der Waals surface area contributed by atoms with Gasteiger partial charge in [-0.25, -0.2) is 8.78 Å². The zero-order chi connectivity index (χ0) is 22.4. The summed E-state index contributed by atoms with van der Waals surface area (Å²) in [6.07, 6.45) is 2.52. The van der Waals surface area contributed by atoms with Crippen LogP contribution in [-0.4, -0.2) is 0 Å². The first-order valence-electron chi connectivity index (χ1n) is 10.8. The number of rotatable bonds is 8. The van der Waals surface area contributed by atoms with Gasteiger partial charge in [-0.3, -0.25) is 0 Å². The van der Waals surface area contributed by atoms with E-state index in [9.17, 15) is 8.78 Å². The van der Waals surface area contributed by atoms with E-state index in [0.717, 1.165) is 24.5 Å². The molecule has 4 aromatic rings.